The maximum Gasteiger partial charge on any atom is 0.223 e. The molecule has 0 saturated heterocycles. The maximum atomic E-state index is 11.7. The number of aliphatic imine (C=N–C) groups is 1. The van der Waals surface area contributed by atoms with Gasteiger partial charge in [-0.15, -0.1) is 24.0 Å². The normalized spacial score (nSPS) is 15.5. The van der Waals surface area contributed by atoms with Crippen LogP contribution in [-0.4, -0.2) is 49.6 Å². The van der Waals surface area contributed by atoms with E-state index in [9.17, 15) is 4.79 Å². The molecule has 0 unspecified atom stereocenters. The molecule has 0 aromatic carbocycles. The highest BCUT2D eigenvalue weighted by Gasteiger charge is 2.24. The van der Waals surface area contributed by atoms with Gasteiger partial charge in [0.25, 0.3) is 0 Å². The molecule has 0 bridgehead atoms. The topological polar surface area (TPSA) is 65.5 Å². The lowest BCUT2D eigenvalue weighted by atomic mass is 9.85. The number of rotatable bonds is 8. The van der Waals surface area contributed by atoms with Crippen LogP contribution in [0, 0.1) is 5.92 Å². The largest absolute Gasteiger partial charge is 0.356 e. The van der Waals surface area contributed by atoms with Crippen LogP contribution in [0.5, 0.6) is 0 Å². The molecular weight excluding hydrogens is 411 g/mol. The standard InChI is InChI=1S/C15H30N4OS.HI/c1-15(2,21-4)11-19-14(16-3)18-10-6-9-17-13(20)12-7-5-8-12;/h12H,5-11H2,1-4H3,(H,17,20)(H2,16,18,19);1H. The number of carbonyl (C=O) groups excluding carboxylic acids is 1. The zero-order valence-electron chi connectivity index (χ0n) is 14.2. The quantitative estimate of drug-likeness (QED) is 0.234. The SMILES string of the molecule is CN=C(NCCCNC(=O)C1CCC1)NCC(C)(C)SC.I. The van der Waals surface area contributed by atoms with E-state index in [2.05, 4.69) is 41.0 Å². The summed E-state index contributed by atoms with van der Waals surface area (Å²) < 4.78 is 0.189. The minimum absolute atomic E-state index is 0. The van der Waals surface area contributed by atoms with Crippen LogP contribution in [0.15, 0.2) is 4.99 Å². The predicted molar refractivity (Wildman–Crippen MR) is 107 cm³/mol. The van der Waals surface area contributed by atoms with E-state index in [1.165, 1.54) is 6.42 Å². The minimum atomic E-state index is 0. The van der Waals surface area contributed by atoms with Gasteiger partial charge in [-0.3, -0.25) is 9.79 Å². The van der Waals surface area contributed by atoms with Gasteiger partial charge in [-0.2, -0.15) is 11.8 Å². The molecule has 1 aliphatic rings. The number of nitrogens with zero attached hydrogens (tertiary/aromatic N) is 1. The Bertz CT molecular complexity index is 359. The summed E-state index contributed by atoms with van der Waals surface area (Å²) in [5, 5.41) is 9.60. The van der Waals surface area contributed by atoms with Crippen molar-refractivity contribution in [2.45, 2.75) is 44.3 Å². The lowest BCUT2D eigenvalue weighted by Gasteiger charge is -2.24. The van der Waals surface area contributed by atoms with Crippen LogP contribution in [-0.2, 0) is 4.79 Å². The first-order valence-electron chi connectivity index (χ1n) is 7.76. The van der Waals surface area contributed by atoms with Gasteiger partial charge >= 0.3 is 0 Å². The summed E-state index contributed by atoms with van der Waals surface area (Å²) in [4.78, 5) is 15.9. The van der Waals surface area contributed by atoms with Crippen LogP contribution >= 0.6 is 35.7 Å². The molecule has 0 heterocycles. The molecule has 5 nitrogen and oxygen atoms in total. The molecule has 0 spiro atoms. The second-order valence-electron chi connectivity index (χ2n) is 6.09. The highest BCUT2D eigenvalue weighted by molar-refractivity contribution is 14.0. The summed E-state index contributed by atoms with van der Waals surface area (Å²) in [7, 11) is 1.78. The van der Waals surface area contributed by atoms with E-state index in [-0.39, 0.29) is 40.5 Å². The summed E-state index contributed by atoms with van der Waals surface area (Å²) in [6.45, 7) is 6.81. The summed E-state index contributed by atoms with van der Waals surface area (Å²) >= 11 is 1.83. The summed E-state index contributed by atoms with van der Waals surface area (Å²) in [5.41, 5.74) is 0. The zero-order chi connectivity index (χ0) is 15.7. The highest BCUT2D eigenvalue weighted by Crippen LogP contribution is 2.26. The van der Waals surface area contributed by atoms with Crippen molar-refractivity contribution < 1.29 is 4.79 Å². The Morgan fingerprint density at radius 2 is 1.86 bits per heavy atom. The van der Waals surface area contributed by atoms with Gasteiger partial charge in [-0.25, -0.2) is 0 Å². The zero-order valence-corrected chi connectivity index (χ0v) is 17.3. The third-order valence-electron chi connectivity index (χ3n) is 3.88. The van der Waals surface area contributed by atoms with Gasteiger partial charge in [-0.1, -0.05) is 6.42 Å². The summed E-state index contributed by atoms with van der Waals surface area (Å²) in [6.07, 6.45) is 6.35. The Kier molecular flexibility index (Phi) is 11.3. The number of amides is 1. The summed E-state index contributed by atoms with van der Waals surface area (Å²) in [5.74, 6) is 1.33. The number of halogens is 1. The van der Waals surface area contributed by atoms with Gasteiger partial charge in [-0.05, 0) is 39.4 Å². The highest BCUT2D eigenvalue weighted by atomic mass is 127. The number of carbonyl (C=O) groups is 1. The van der Waals surface area contributed by atoms with Crippen molar-refractivity contribution in [2.24, 2.45) is 10.9 Å². The number of hydrogen-bond acceptors (Lipinski definition) is 3. The van der Waals surface area contributed by atoms with Gasteiger partial charge in [0.05, 0.1) is 0 Å². The average Bonchev–Trinajstić information content (AvgIpc) is 2.40. The Balaban J connectivity index is 0.00000441. The van der Waals surface area contributed by atoms with Crippen molar-refractivity contribution in [1.29, 1.82) is 0 Å². The van der Waals surface area contributed by atoms with Crippen molar-refractivity contribution in [3.8, 4) is 0 Å². The predicted octanol–water partition coefficient (Wildman–Crippen LogP) is 2.22. The van der Waals surface area contributed by atoms with E-state index < -0.39 is 0 Å². The van der Waals surface area contributed by atoms with E-state index in [1.807, 2.05) is 11.8 Å². The molecule has 0 aromatic heterocycles. The van der Waals surface area contributed by atoms with E-state index in [4.69, 9.17) is 0 Å². The van der Waals surface area contributed by atoms with Crippen molar-refractivity contribution >= 4 is 47.6 Å². The van der Waals surface area contributed by atoms with E-state index in [0.717, 1.165) is 44.9 Å². The van der Waals surface area contributed by atoms with Gasteiger partial charge < -0.3 is 16.0 Å². The van der Waals surface area contributed by atoms with E-state index in [0.29, 0.717) is 0 Å². The molecule has 3 N–H and O–H groups in total. The average molecular weight is 442 g/mol. The Labute approximate surface area is 156 Å². The van der Waals surface area contributed by atoms with Crippen molar-refractivity contribution in [2.75, 3.05) is 32.9 Å². The van der Waals surface area contributed by atoms with Gasteiger partial charge in [0.2, 0.25) is 5.91 Å². The van der Waals surface area contributed by atoms with Crippen LogP contribution in [0.1, 0.15) is 39.5 Å². The maximum absolute atomic E-state index is 11.7. The lowest BCUT2D eigenvalue weighted by molar-refractivity contribution is -0.127. The van der Waals surface area contributed by atoms with Gasteiger partial charge in [0.1, 0.15) is 0 Å². The fraction of sp³-hybridized carbons (Fsp3) is 0.867. The second-order valence-corrected chi connectivity index (χ2v) is 7.60. The number of thioether (sulfide) groups is 1. The fourth-order valence-electron chi connectivity index (χ4n) is 1.91. The van der Waals surface area contributed by atoms with Crippen LogP contribution in [0.4, 0.5) is 0 Å². The van der Waals surface area contributed by atoms with Crippen LogP contribution < -0.4 is 16.0 Å². The first-order valence-corrected chi connectivity index (χ1v) is 8.98. The van der Waals surface area contributed by atoms with Crippen molar-refractivity contribution in [3.63, 3.8) is 0 Å². The molecule has 0 aromatic rings. The molecule has 1 rings (SSSR count). The smallest absolute Gasteiger partial charge is 0.223 e. The molecule has 1 fully saturated rings. The fourth-order valence-corrected chi connectivity index (χ4v) is 2.13. The Morgan fingerprint density at radius 3 is 2.36 bits per heavy atom. The third kappa shape index (κ3) is 8.45. The van der Waals surface area contributed by atoms with Crippen molar-refractivity contribution in [3.05, 3.63) is 0 Å². The van der Waals surface area contributed by atoms with E-state index in [1.54, 1.807) is 7.05 Å². The number of nitrogens with one attached hydrogen (secondary N) is 3. The number of guanidine groups is 1. The monoisotopic (exact) mass is 442 g/mol. The van der Waals surface area contributed by atoms with E-state index >= 15 is 0 Å². The molecule has 7 heteroatoms. The minimum Gasteiger partial charge on any atom is -0.356 e. The van der Waals surface area contributed by atoms with Crippen LogP contribution in [0.3, 0.4) is 0 Å². The first kappa shape index (κ1) is 21.8. The molecule has 130 valence electrons. The summed E-state index contributed by atoms with van der Waals surface area (Å²) in [6, 6.07) is 0. The molecule has 0 aliphatic heterocycles. The van der Waals surface area contributed by atoms with Crippen LogP contribution in [0.25, 0.3) is 0 Å². The third-order valence-corrected chi connectivity index (χ3v) is 5.13. The Hall–Kier alpha value is -0.180. The second kappa shape index (κ2) is 11.4. The molecule has 0 atom stereocenters. The molecule has 0 radical (unpaired) electrons. The van der Waals surface area contributed by atoms with Gasteiger partial charge in [0.15, 0.2) is 5.96 Å². The number of hydrogen-bond donors (Lipinski definition) is 3. The first-order chi connectivity index (χ1) is 9.98. The van der Waals surface area contributed by atoms with Crippen molar-refractivity contribution in [1.82, 2.24) is 16.0 Å². The lowest BCUT2D eigenvalue weighted by Crippen LogP contribution is -2.44. The molecule has 22 heavy (non-hydrogen) atoms. The Morgan fingerprint density at radius 1 is 1.23 bits per heavy atom. The molecule has 1 aliphatic carbocycles. The van der Waals surface area contributed by atoms with Gasteiger partial charge in [0, 0.05) is 37.3 Å². The molecule has 1 amide bonds. The van der Waals surface area contributed by atoms with Crippen LogP contribution in [0.2, 0.25) is 0 Å². The molecular formula is C15H31IN4OS. The molecule has 1 saturated carbocycles.